The molecule has 3 rings (SSSR count). The Labute approximate surface area is 150 Å². The maximum Gasteiger partial charge on any atom is 0.357 e. The van der Waals surface area contributed by atoms with E-state index in [4.69, 9.17) is 9.05 Å². The highest BCUT2D eigenvalue weighted by Crippen LogP contribution is 2.64. The van der Waals surface area contributed by atoms with Gasteiger partial charge in [0.25, 0.3) is 0 Å². The second-order valence-electron chi connectivity index (χ2n) is 6.23. The van der Waals surface area contributed by atoms with Crippen LogP contribution < -0.4 is 4.90 Å². The summed E-state index contributed by atoms with van der Waals surface area (Å²) in [4.78, 5) is 2.17. The largest absolute Gasteiger partial charge is 0.357 e. The van der Waals surface area contributed by atoms with Gasteiger partial charge in [-0.1, -0.05) is 42.0 Å². The highest BCUT2D eigenvalue weighted by atomic mass is 31.2. The van der Waals surface area contributed by atoms with E-state index in [2.05, 4.69) is 42.2 Å². The molecule has 25 heavy (non-hydrogen) atoms. The van der Waals surface area contributed by atoms with E-state index in [1.54, 1.807) is 0 Å². The lowest BCUT2D eigenvalue weighted by Gasteiger charge is -2.41. The Morgan fingerprint density at radius 2 is 1.68 bits per heavy atom. The first-order valence-corrected chi connectivity index (χ1v) is 10.5. The first-order chi connectivity index (χ1) is 12.1. The fourth-order valence-electron chi connectivity index (χ4n) is 3.43. The molecule has 1 aliphatic heterocycles. The van der Waals surface area contributed by atoms with Crippen molar-refractivity contribution >= 4 is 13.3 Å². The summed E-state index contributed by atoms with van der Waals surface area (Å²) < 4.78 is 25.2. The van der Waals surface area contributed by atoms with Gasteiger partial charge in [0, 0.05) is 12.2 Å². The first-order valence-electron chi connectivity index (χ1n) is 8.89. The van der Waals surface area contributed by atoms with Gasteiger partial charge in [0.05, 0.1) is 13.2 Å². The van der Waals surface area contributed by atoms with Crippen LogP contribution in [-0.2, 0) is 20.0 Å². The van der Waals surface area contributed by atoms with Crippen molar-refractivity contribution in [3.8, 4) is 0 Å². The summed E-state index contributed by atoms with van der Waals surface area (Å²) >= 11 is 0. The fourth-order valence-corrected chi connectivity index (χ4v) is 5.69. The minimum absolute atomic E-state index is 0.359. The van der Waals surface area contributed by atoms with Gasteiger partial charge in [0.2, 0.25) is 0 Å². The predicted octanol–water partition coefficient (Wildman–Crippen LogP) is 5.32. The molecule has 5 heteroatoms. The maximum absolute atomic E-state index is 13.7. The molecule has 4 nitrogen and oxygen atoms in total. The summed E-state index contributed by atoms with van der Waals surface area (Å²) in [5.74, 6) is -0.417. The second-order valence-corrected chi connectivity index (χ2v) is 8.31. The van der Waals surface area contributed by atoms with Gasteiger partial charge in [0.15, 0.2) is 5.78 Å². The molecule has 1 aliphatic rings. The van der Waals surface area contributed by atoms with Gasteiger partial charge in [0.1, 0.15) is 0 Å². The van der Waals surface area contributed by atoms with Gasteiger partial charge in [-0.05, 0) is 50.5 Å². The van der Waals surface area contributed by atoms with E-state index in [9.17, 15) is 4.57 Å². The molecule has 2 aromatic carbocycles. The lowest BCUT2D eigenvalue weighted by Crippen LogP contribution is -2.36. The van der Waals surface area contributed by atoms with Crippen molar-refractivity contribution in [3.63, 3.8) is 0 Å². The zero-order chi connectivity index (χ0) is 17.9. The van der Waals surface area contributed by atoms with Gasteiger partial charge in [-0.2, -0.15) is 0 Å². The average molecular weight is 359 g/mol. The Morgan fingerprint density at radius 1 is 1.04 bits per heavy atom. The normalized spacial score (nSPS) is 17.4. The highest BCUT2D eigenvalue weighted by molar-refractivity contribution is 7.54. The topological polar surface area (TPSA) is 38.8 Å². The Kier molecular flexibility index (Phi) is 5.63. The maximum atomic E-state index is 13.7. The molecule has 0 saturated heterocycles. The molecule has 0 N–H and O–H groups in total. The van der Waals surface area contributed by atoms with Crippen molar-refractivity contribution in [2.45, 2.75) is 33.0 Å². The molecular weight excluding hydrogens is 333 g/mol. The predicted molar refractivity (Wildman–Crippen MR) is 102 cm³/mol. The zero-order valence-corrected chi connectivity index (χ0v) is 16.0. The van der Waals surface area contributed by atoms with E-state index >= 15 is 0 Å². The number of benzene rings is 2. The number of hydrogen-bond acceptors (Lipinski definition) is 4. The molecular formula is C20H26NO3P. The van der Waals surface area contributed by atoms with Crippen LogP contribution in [0.1, 0.15) is 36.3 Å². The third kappa shape index (κ3) is 3.67. The molecule has 1 atom stereocenters. The molecule has 0 radical (unpaired) electrons. The number of aryl methyl sites for hydroxylation is 1. The van der Waals surface area contributed by atoms with Gasteiger partial charge >= 0.3 is 7.60 Å². The third-order valence-corrected chi connectivity index (χ3v) is 6.93. The van der Waals surface area contributed by atoms with Crippen LogP contribution in [0.3, 0.4) is 0 Å². The van der Waals surface area contributed by atoms with Gasteiger partial charge in [-0.3, -0.25) is 4.57 Å². The molecule has 0 spiro atoms. The Balaban J connectivity index is 2.11. The van der Waals surface area contributed by atoms with Crippen molar-refractivity contribution in [3.05, 3.63) is 65.2 Å². The summed E-state index contributed by atoms with van der Waals surface area (Å²) in [5.41, 5.74) is 4.51. The smallest absolute Gasteiger partial charge is 0.353 e. The molecule has 0 aromatic heterocycles. The fraction of sp³-hybridized carbons (Fsp3) is 0.400. The van der Waals surface area contributed by atoms with E-state index in [-0.39, 0.29) is 0 Å². The van der Waals surface area contributed by atoms with Crippen molar-refractivity contribution in [2.24, 2.45) is 0 Å². The number of anilines is 1. The third-order valence-electron chi connectivity index (χ3n) is 4.53. The molecule has 0 fully saturated rings. The summed E-state index contributed by atoms with van der Waals surface area (Å²) in [6.45, 7) is 7.29. The average Bonchev–Trinajstić information content (AvgIpc) is 2.62. The monoisotopic (exact) mass is 359 g/mol. The Hall–Kier alpha value is -1.61. The molecule has 0 saturated carbocycles. The van der Waals surface area contributed by atoms with Crippen LogP contribution in [0.15, 0.2) is 48.5 Å². The van der Waals surface area contributed by atoms with Crippen molar-refractivity contribution in [2.75, 3.05) is 24.7 Å². The second kappa shape index (κ2) is 7.74. The van der Waals surface area contributed by atoms with Crippen LogP contribution in [0.2, 0.25) is 0 Å². The van der Waals surface area contributed by atoms with Crippen LogP contribution in [0.5, 0.6) is 0 Å². The molecule has 0 amide bonds. The van der Waals surface area contributed by atoms with Gasteiger partial charge in [-0.15, -0.1) is 0 Å². The van der Waals surface area contributed by atoms with E-state index < -0.39 is 13.4 Å². The van der Waals surface area contributed by atoms with Crippen molar-refractivity contribution < 1.29 is 13.6 Å². The van der Waals surface area contributed by atoms with Crippen LogP contribution in [0.4, 0.5) is 5.69 Å². The summed E-state index contributed by atoms with van der Waals surface area (Å²) in [5, 5.41) is 0. The van der Waals surface area contributed by atoms with Crippen LogP contribution in [-0.4, -0.2) is 19.8 Å². The molecule has 1 unspecified atom stereocenters. The summed E-state index contributed by atoms with van der Waals surface area (Å²) in [7, 11) is -3.33. The number of hydrogen-bond donors (Lipinski definition) is 0. The minimum Gasteiger partial charge on any atom is -0.353 e. The summed E-state index contributed by atoms with van der Waals surface area (Å²) in [6, 6.07) is 16.5. The molecule has 134 valence electrons. The number of rotatable bonds is 6. The van der Waals surface area contributed by atoms with E-state index in [1.165, 1.54) is 11.1 Å². The lowest BCUT2D eigenvalue weighted by molar-refractivity contribution is 0.210. The number of fused-ring (bicyclic) bond motifs is 1. The minimum atomic E-state index is -3.33. The van der Waals surface area contributed by atoms with Gasteiger partial charge in [-0.25, -0.2) is 0 Å². The Bertz CT molecular complexity index is 750. The molecule has 2 aromatic rings. The first kappa shape index (κ1) is 18.2. The summed E-state index contributed by atoms with van der Waals surface area (Å²) in [6.07, 6.45) is 0.915. The highest BCUT2D eigenvalue weighted by Gasteiger charge is 2.44. The molecule has 0 bridgehead atoms. The standard InChI is InChI=1S/C20H26NO3P/c1-4-23-25(22,24-5-2)20-19-9-7-6-8-17(19)14-15-21(20)18-12-10-16(3)11-13-18/h6-13,20H,4-5,14-15H2,1-3H3. The van der Waals surface area contributed by atoms with Crippen LogP contribution in [0, 0.1) is 6.92 Å². The number of nitrogens with zero attached hydrogens (tertiary/aromatic N) is 1. The quantitative estimate of drug-likeness (QED) is 0.654. The van der Waals surface area contributed by atoms with E-state index in [1.807, 2.05) is 32.0 Å². The van der Waals surface area contributed by atoms with Crippen molar-refractivity contribution in [1.29, 1.82) is 0 Å². The molecule has 0 aliphatic carbocycles. The SMILES string of the molecule is CCOP(=O)(OCC)C1c2ccccc2CCN1c1ccc(C)cc1. The van der Waals surface area contributed by atoms with E-state index in [0.29, 0.717) is 13.2 Å². The van der Waals surface area contributed by atoms with Gasteiger partial charge < -0.3 is 13.9 Å². The Morgan fingerprint density at radius 3 is 2.32 bits per heavy atom. The van der Waals surface area contributed by atoms with Crippen molar-refractivity contribution in [1.82, 2.24) is 0 Å². The van der Waals surface area contributed by atoms with E-state index in [0.717, 1.165) is 24.2 Å². The molecule has 1 heterocycles. The van der Waals surface area contributed by atoms with Crippen LogP contribution >= 0.6 is 7.60 Å². The lowest BCUT2D eigenvalue weighted by atomic mass is 9.99. The van der Waals surface area contributed by atoms with Crippen LogP contribution in [0.25, 0.3) is 0 Å². The zero-order valence-electron chi connectivity index (χ0n) is 15.1.